The number of hydrogen-bond donors (Lipinski definition) is 2. The molecule has 0 spiro atoms. The zero-order valence-electron chi connectivity index (χ0n) is 16.0. The largest absolute Gasteiger partial charge is 0.454 e. The van der Waals surface area contributed by atoms with Crippen LogP contribution < -0.4 is 10.6 Å². The molecule has 0 bridgehead atoms. The number of benzene rings is 1. The van der Waals surface area contributed by atoms with E-state index in [1.165, 1.54) is 25.2 Å². The lowest BCUT2D eigenvalue weighted by atomic mass is 10.2. The van der Waals surface area contributed by atoms with E-state index < -0.39 is 12.1 Å². The second-order valence-electron chi connectivity index (χ2n) is 6.18. The second-order valence-corrected chi connectivity index (χ2v) is 7.79. The Hall–Kier alpha value is -2.71. The van der Waals surface area contributed by atoms with Crippen LogP contribution in [0.2, 0.25) is 5.02 Å². The molecule has 1 unspecified atom stereocenters. The van der Waals surface area contributed by atoms with E-state index in [9.17, 15) is 19.2 Å². The summed E-state index contributed by atoms with van der Waals surface area (Å²) >= 11 is 7.01. The van der Waals surface area contributed by atoms with Crippen LogP contribution in [-0.4, -0.2) is 36.2 Å². The van der Waals surface area contributed by atoms with E-state index in [-0.39, 0.29) is 30.6 Å². The number of carbonyl (C=O) groups is 4. The van der Waals surface area contributed by atoms with Gasteiger partial charge in [0, 0.05) is 28.9 Å². The molecule has 29 heavy (non-hydrogen) atoms. The van der Waals surface area contributed by atoms with E-state index in [0.29, 0.717) is 22.0 Å². The van der Waals surface area contributed by atoms with Gasteiger partial charge < -0.3 is 15.4 Å². The third kappa shape index (κ3) is 7.32. The molecule has 1 heterocycles. The first-order valence-electron chi connectivity index (χ1n) is 8.87. The maximum atomic E-state index is 12.4. The van der Waals surface area contributed by atoms with Gasteiger partial charge in [-0.2, -0.15) is 0 Å². The smallest absolute Gasteiger partial charge is 0.308 e. The van der Waals surface area contributed by atoms with Gasteiger partial charge >= 0.3 is 5.97 Å². The summed E-state index contributed by atoms with van der Waals surface area (Å²) in [6.07, 6.45) is -1.00. The molecule has 2 N–H and O–H groups in total. The molecule has 2 amide bonds. The maximum Gasteiger partial charge on any atom is 0.308 e. The van der Waals surface area contributed by atoms with Gasteiger partial charge in [-0.25, -0.2) is 0 Å². The topological polar surface area (TPSA) is 102 Å². The number of esters is 1. The number of Topliss-reactive ketones (excluding diaryl/α,β-unsaturated/α-hetero) is 1. The summed E-state index contributed by atoms with van der Waals surface area (Å²) in [6, 6.07) is 9.75. The Labute approximate surface area is 177 Å². The van der Waals surface area contributed by atoms with Crippen molar-refractivity contribution in [3.05, 3.63) is 56.7 Å². The van der Waals surface area contributed by atoms with Crippen molar-refractivity contribution in [2.75, 3.05) is 6.54 Å². The quantitative estimate of drug-likeness (QED) is 0.464. The molecule has 0 radical (unpaired) electrons. The first kappa shape index (κ1) is 22.6. The monoisotopic (exact) mass is 436 g/mol. The van der Waals surface area contributed by atoms with Crippen molar-refractivity contribution in [1.82, 2.24) is 10.6 Å². The SMILES string of the molecule is CC(=O)NCc1ccc(C(=O)C(C)OC(=O)CCNC(=O)c2ccc(Cl)cc2)s1. The van der Waals surface area contributed by atoms with E-state index in [1.54, 1.807) is 36.4 Å². The summed E-state index contributed by atoms with van der Waals surface area (Å²) in [5.74, 6) is -1.39. The Kier molecular flexibility index (Phi) is 8.35. The first-order valence-corrected chi connectivity index (χ1v) is 10.1. The van der Waals surface area contributed by atoms with Crippen LogP contribution in [0.1, 0.15) is 45.2 Å². The van der Waals surface area contributed by atoms with E-state index in [0.717, 1.165) is 4.88 Å². The van der Waals surface area contributed by atoms with Crippen molar-refractivity contribution in [2.24, 2.45) is 0 Å². The van der Waals surface area contributed by atoms with Crippen molar-refractivity contribution in [3.8, 4) is 0 Å². The van der Waals surface area contributed by atoms with E-state index in [4.69, 9.17) is 16.3 Å². The molecule has 1 aromatic carbocycles. The van der Waals surface area contributed by atoms with Gasteiger partial charge in [-0.1, -0.05) is 11.6 Å². The van der Waals surface area contributed by atoms with Crippen LogP contribution in [0.25, 0.3) is 0 Å². The number of ether oxygens (including phenoxy) is 1. The Morgan fingerprint density at radius 1 is 1.07 bits per heavy atom. The van der Waals surface area contributed by atoms with E-state index >= 15 is 0 Å². The molecule has 0 aliphatic carbocycles. The number of amides is 2. The lowest BCUT2D eigenvalue weighted by Gasteiger charge is -2.11. The molecule has 0 aliphatic rings. The highest BCUT2D eigenvalue weighted by molar-refractivity contribution is 7.14. The molecule has 1 aromatic heterocycles. The van der Waals surface area contributed by atoms with Crippen molar-refractivity contribution in [1.29, 1.82) is 0 Å². The average Bonchev–Trinajstić information content (AvgIpc) is 3.15. The molecule has 154 valence electrons. The lowest BCUT2D eigenvalue weighted by Crippen LogP contribution is -2.29. The third-order valence-corrected chi connectivity index (χ3v) is 5.17. The van der Waals surface area contributed by atoms with Gasteiger partial charge in [0.2, 0.25) is 11.7 Å². The van der Waals surface area contributed by atoms with Crippen LogP contribution in [0.4, 0.5) is 0 Å². The minimum atomic E-state index is -0.943. The summed E-state index contributed by atoms with van der Waals surface area (Å²) in [4.78, 5) is 48.5. The van der Waals surface area contributed by atoms with Crippen molar-refractivity contribution in [2.45, 2.75) is 32.9 Å². The molecular formula is C20H21ClN2O5S. The highest BCUT2D eigenvalue weighted by Crippen LogP contribution is 2.19. The molecule has 0 fully saturated rings. The molecule has 2 rings (SSSR count). The number of rotatable bonds is 9. The van der Waals surface area contributed by atoms with Gasteiger partial charge in [-0.05, 0) is 43.3 Å². The molecule has 9 heteroatoms. The Morgan fingerprint density at radius 3 is 2.41 bits per heavy atom. The second kappa shape index (κ2) is 10.7. The minimum Gasteiger partial charge on any atom is -0.454 e. The number of thiophene rings is 1. The van der Waals surface area contributed by atoms with Crippen LogP contribution in [0.15, 0.2) is 36.4 Å². The fourth-order valence-electron chi connectivity index (χ4n) is 2.31. The molecule has 0 saturated heterocycles. The van der Waals surface area contributed by atoms with Crippen LogP contribution in [0.5, 0.6) is 0 Å². The fraction of sp³-hybridized carbons (Fsp3) is 0.300. The third-order valence-electron chi connectivity index (χ3n) is 3.81. The predicted octanol–water partition coefficient (Wildman–Crippen LogP) is 2.97. The first-order chi connectivity index (χ1) is 13.8. The van der Waals surface area contributed by atoms with Gasteiger partial charge in [0.25, 0.3) is 5.91 Å². The summed E-state index contributed by atoms with van der Waals surface area (Å²) in [7, 11) is 0. The van der Waals surface area contributed by atoms with Gasteiger partial charge in [-0.3, -0.25) is 19.2 Å². The molecule has 1 atom stereocenters. The van der Waals surface area contributed by atoms with Gasteiger partial charge in [0.05, 0.1) is 17.8 Å². The summed E-state index contributed by atoms with van der Waals surface area (Å²) < 4.78 is 5.16. The van der Waals surface area contributed by atoms with E-state index in [2.05, 4.69) is 10.6 Å². The Morgan fingerprint density at radius 2 is 1.76 bits per heavy atom. The standard InChI is InChI=1S/C20H21ClN2O5S/c1-12(19(26)17-8-7-16(29-17)11-23-13(2)24)28-18(25)9-10-22-20(27)14-3-5-15(21)6-4-14/h3-8,12H,9-11H2,1-2H3,(H,22,27)(H,23,24). The zero-order chi connectivity index (χ0) is 21.4. The molecule has 2 aromatic rings. The Bertz CT molecular complexity index is 895. The molecule has 0 saturated carbocycles. The number of carbonyl (C=O) groups excluding carboxylic acids is 4. The highest BCUT2D eigenvalue weighted by Gasteiger charge is 2.21. The summed E-state index contributed by atoms with van der Waals surface area (Å²) in [5.41, 5.74) is 0.430. The molecular weight excluding hydrogens is 416 g/mol. The van der Waals surface area contributed by atoms with E-state index in [1.807, 2.05) is 0 Å². The van der Waals surface area contributed by atoms with Crippen LogP contribution >= 0.6 is 22.9 Å². The van der Waals surface area contributed by atoms with Crippen molar-refractivity contribution >= 4 is 46.5 Å². The van der Waals surface area contributed by atoms with Crippen molar-refractivity contribution < 1.29 is 23.9 Å². The molecule has 7 nitrogen and oxygen atoms in total. The lowest BCUT2D eigenvalue weighted by molar-refractivity contribution is -0.146. The number of nitrogens with one attached hydrogen (secondary N) is 2. The number of ketones is 1. The summed E-state index contributed by atoms with van der Waals surface area (Å²) in [6.45, 7) is 3.34. The zero-order valence-corrected chi connectivity index (χ0v) is 17.6. The van der Waals surface area contributed by atoms with Gasteiger partial charge in [-0.15, -0.1) is 11.3 Å². The van der Waals surface area contributed by atoms with Gasteiger partial charge in [0.15, 0.2) is 6.10 Å². The van der Waals surface area contributed by atoms with Crippen molar-refractivity contribution in [3.63, 3.8) is 0 Å². The highest BCUT2D eigenvalue weighted by atomic mass is 35.5. The number of hydrogen-bond acceptors (Lipinski definition) is 6. The summed E-state index contributed by atoms with van der Waals surface area (Å²) in [5, 5.41) is 5.79. The fourth-order valence-corrected chi connectivity index (χ4v) is 3.40. The minimum absolute atomic E-state index is 0.0603. The average molecular weight is 437 g/mol. The number of halogens is 1. The maximum absolute atomic E-state index is 12.4. The normalized spacial score (nSPS) is 11.4. The van der Waals surface area contributed by atoms with Crippen LogP contribution in [0, 0.1) is 0 Å². The molecule has 0 aliphatic heterocycles. The Balaban J connectivity index is 1.76. The van der Waals surface area contributed by atoms with Gasteiger partial charge in [0.1, 0.15) is 0 Å². The predicted molar refractivity (Wildman–Crippen MR) is 110 cm³/mol. The van der Waals surface area contributed by atoms with Crippen LogP contribution in [-0.2, 0) is 20.9 Å². The van der Waals surface area contributed by atoms with Crippen LogP contribution in [0.3, 0.4) is 0 Å².